The highest BCUT2D eigenvalue weighted by Gasteiger charge is 2.33. The molecule has 1 unspecified atom stereocenters. The first-order valence-corrected chi connectivity index (χ1v) is 9.92. The molecule has 2 aromatic heterocycles. The summed E-state index contributed by atoms with van der Waals surface area (Å²) in [6.45, 7) is 0.747. The molecule has 1 N–H and O–H groups in total. The molecular weight excluding hydrogens is 326 g/mol. The van der Waals surface area contributed by atoms with Crippen molar-refractivity contribution in [2.45, 2.75) is 76.2 Å². The summed E-state index contributed by atoms with van der Waals surface area (Å²) in [6.07, 6.45) is 13.1. The number of carboxylic acid groups (broad SMARTS) is 1. The van der Waals surface area contributed by atoms with Crippen LogP contribution in [0.1, 0.15) is 85.7 Å². The predicted molar refractivity (Wildman–Crippen MR) is 99.3 cm³/mol. The van der Waals surface area contributed by atoms with Crippen molar-refractivity contribution in [3.63, 3.8) is 0 Å². The van der Waals surface area contributed by atoms with Gasteiger partial charge in [-0.15, -0.1) is 0 Å². The maximum atomic E-state index is 11.4. The van der Waals surface area contributed by atoms with Crippen molar-refractivity contribution in [3.05, 3.63) is 47.0 Å². The van der Waals surface area contributed by atoms with Crippen molar-refractivity contribution < 1.29 is 9.90 Å². The molecule has 5 heteroatoms. The van der Waals surface area contributed by atoms with Gasteiger partial charge in [-0.1, -0.05) is 19.3 Å². The van der Waals surface area contributed by atoms with E-state index < -0.39 is 5.97 Å². The Kier molecular flexibility index (Phi) is 5.05. The summed E-state index contributed by atoms with van der Waals surface area (Å²) in [6, 6.07) is 4.07. The molecule has 2 aliphatic carbocycles. The fourth-order valence-electron chi connectivity index (χ4n) is 4.78. The van der Waals surface area contributed by atoms with Gasteiger partial charge >= 0.3 is 5.97 Å². The number of fused-ring (bicyclic) bond motifs is 1. The average Bonchev–Trinajstić information content (AvgIpc) is 3.03. The smallest absolute Gasteiger partial charge is 0.303 e. The summed E-state index contributed by atoms with van der Waals surface area (Å²) in [5, 5.41) is 14.5. The van der Waals surface area contributed by atoms with E-state index >= 15 is 0 Å². The first-order chi connectivity index (χ1) is 12.7. The van der Waals surface area contributed by atoms with Gasteiger partial charge in [-0.2, -0.15) is 5.10 Å². The van der Waals surface area contributed by atoms with Gasteiger partial charge in [0.25, 0.3) is 0 Å². The van der Waals surface area contributed by atoms with Gasteiger partial charge in [0.15, 0.2) is 0 Å². The molecule has 0 spiro atoms. The van der Waals surface area contributed by atoms with E-state index in [9.17, 15) is 9.90 Å². The molecular formula is C21H27N3O2. The van der Waals surface area contributed by atoms with Crippen LogP contribution in [0.3, 0.4) is 0 Å². The Morgan fingerprint density at radius 3 is 2.62 bits per heavy atom. The second-order valence-electron chi connectivity index (χ2n) is 7.78. The lowest BCUT2D eigenvalue weighted by Crippen LogP contribution is -2.17. The van der Waals surface area contributed by atoms with Crippen LogP contribution in [-0.4, -0.2) is 25.8 Å². The maximum absolute atomic E-state index is 11.4. The number of aromatic nitrogens is 3. The van der Waals surface area contributed by atoms with E-state index in [0.717, 1.165) is 25.8 Å². The molecule has 0 saturated heterocycles. The lowest BCUT2D eigenvalue weighted by Gasteiger charge is -2.26. The van der Waals surface area contributed by atoms with Crippen molar-refractivity contribution in [1.29, 1.82) is 0 Å². The molecule has 26 heavy (non-hydrogen) atoms. The monoisotopic (exact) mass is 353 g/mol. The van der Waals surface area contributed by atoms with Crippen LogP contribution in [0, 0.1) is 0 Å². The Labute approximate surface area is 154 Å². The van der Waals surface area contributed by atoms with Crippen LogP contribution in [-0.2, 0) is 17.8 Å². The third-order valence-corrected chi connectivity index (χ3v) is 6.00. The van der Waals surface area contributed by atoms with Gasteiger partial charge in [0.2, 0.25) is 0 Å². The highest BCUT2D eigenvalue weighted by Crippen LogP contribution is 2.42. The van der Waals surface area contributed by atoms with Crippen LogP contribution < -0.4 is 0 Å². The minimum absolute atomic E-state index is 0.124. The molecule has 2 heterocycles. The fraction of sp³-hybridized carbons (Fsp3) is 0.571. The zero-order chi connectivity index (χ0) is 17.9. The van der Waals surface area contributed by atoms with E-state index in [2.05, 4.69) is 9.67 Å². The molecule has 1 saturated carbocycles. The van der Waals surface area contributed by atoms with Crippen LogP contribution in [0.25, 0.3) is 0 Å². The topological polar surface area (TPSA) is 68.0 Å². The third-order valence-electron chi connectivity index (χ3n) is 6.00. The van der Waals surface area contributed by atoms with E-state index in [1.54, 1.807) is 0 Å². The fourth-order valence-corrected chi connectivity index (χ4v) is 4.78. The predicted octanol–water partition coefficient (Wildman–Crippen LogP) is 4.27. The summed E-state index contributed by atoms with van der Waals surface area (Å²) in [5.74, 6) is -0.0655. The van der Waals surface area contributed by atoms with Crippen LogP contribution in [0.2, 0.25) is 0 Å². The van der Waals surface area contributed by atoms with E-state index in [0.29, 0.717) is 5.92 Å². The second kappa shape index (κ2) is 7.60. The molecule has 0 bridgehead atoms. The minimum atomic E-state index is -0.695. The normalized spacial score (nSPS) is 20.7. The van der Waals surface area contributed by atoms with Gasteiger partial charge in [0, 0.05) is 29.6 Å². The van der Waals surface area contributed by atoms with E-state index in [1.807, 2.05) is 24.5 Å². The second-order valence-corrected chi connectivity index (χ2v) is 7.78. The van der Waals surface area contributed by atoms with Gasteiger partial charge in [-0.25, -0.2) is 0 Å². The Balaban J connectivity index is 1.73. The molecule has 2 aliphatic rings. The van der Waals surface area contributed by atoms with Crippen LogP contribution in [0.4, 0.5) is 0 Å². The van der Waals surface area contributed by atoms with Gasteiger partial charge in [0.1, 0.15) is 0 Å². The Morgan fingerprint density at radius 1 is 1.12 bits per heavy atom. The highest BCUT2D eigenvalue weighted by atomic mass is 16.4. The number of aliphatic carboxylic acids is 1. The van der Waals surface area contributed by atoms with Gasteiger partial charge in [0.05, 0.1) is 18.7 Å². The average molecular weight is 353 g/mol. The zero-order valence-corrected chi connectivity index (χ0v) is 15.2. The van der Waals surface area contributed by atoms with Crippen LogP contribution in [0.5, 0.6) is 0 Å². The number of carbonyl (C=O) groups is 1. The summed E-state index contributed by atoms with van der Waals surface area (Å²) in [7, 11) is 0. The molecule has 0 aromatic carbocycles. The highest BCUT2D eigenvalue weighted by molar-refractivity contribution is 5.68. The molecule has 4 rings (SSSR count). The number of pyridine rings is 1. The lowest BCUT2D eigenvalue weighted by molar-refractivity contribution is -0.137. The number of hydrogen-bond donors (Lipinski definition) is 1. The quantitative estimate of drug-likeness (QED) is 0.872. The molecule has 0 aliphatic heterocycles. The van der Waals surface area contributed by atoms with Crippen LogP contribution in [0.15, 0.2) is 24.5 Å². The summed E-state index contributed by atoms with van der Waals surface area (Å²) < 4.78 is 2.16. The molecule has 138 valence electrons. The summed E-state index contributed by atoms with van der Waals surface area (Å²) in [5.41, 5.74) is 4.96. The van der Waals surface area contributed by atoms with E-state index in [4.69, 9.17) is 5.10 Å². The summed E-state index contributed by atoms with van der Waals surface area (Å²) >= 11 is 0. The first-order valence-electron chi connectivity index (χ1n) is 9.92. The largest absolute Gasteiger partial charge is 0.481 e. The zero-order valence-electron chi connectivity index (χ0n) is 15.2. The molecule has 5 nitrogen and oxygen atoms in total. The molecule has 2 aromatic rings. The van der Waals surface area contributed by atoms with Crippen LogP contribution >= 0.6 is 0 Å². The maximum Gasteiger partial charge on any atom is 0.303 e. The van der Waals surface area contributed by atoms with Gasteiger partial charge < -0.3 is 5.11 Å². The lowest BCUT2D eigenvalue weighted by atomic mass is 9.78. The molecule has 0 amide bonds. The van der Waals surface area contributed by atoms with Crippen molar-refractivity contribution in [2.75, 3.05) is 0 Å². The standard InChI is InChI=1S/C21H27N3O2/c25-19(26)13-17-7-4-8-18-20(17)21(16-5-2-1-3-6-16)23-24(18)14-15-9-11-22-12-10-15/h9-12,16-17H,1-8,13-14H2,(H,25,26). The van der Waals surface area contributed by atoms with Crippen molar-refractivity contribution in [2.24, 2.45) is 0 Å². The number of hydrogen-bond acceptors (Lipinski definition) is 3. The summed E-state index contributed by atoms with van der Waals surface area (Å²) in [4.78, 5) is 15.5. The van der Waals surface area contributed by atoms with Crippen molar-refractivity contribution in [3.8, 4) is 0 Å². The Morgan fingerprint density at radius 2 is 1.88 bits per heavy atom. The van der Waals surface area contributed by atoms with E-state index in [1.165, 1.54) is 54.6 Å². The minimum Gasteiger partial charge on any atom is -0.481 e. The number of carboxylic acids is 1. The number of rotatable bonds is 5. The SMILES string of the molecule is O=C(O)CC1CCCc2c1c(C1CCCCC1)nn2Cc1ccncc1. The van der Waals surface area contributed by atoms with Gasteiger partial charge in [-0.05, 0) is 55.7 Å². The van der Waals surface area contributed by atoms with Crippen molar-refractivity contribution >= 4 is 5.97 Å². The van der Waals surface area contributed by atoms with E-state index in [-0.39, 0.29) is 12.3 Å². The number of nitrogens with zero attached hydrogens (tertiary/aromatic N) is 3. The van der Waals surface area contributed by atoms with Gasteiger partial charge in [-0.3, -0.25) is 14.5 Å². The first kappa shape index (κ1) is 17.3. The molecule has 1 atom stereocenters. The Hall–Kier alpha value is -2.17. The third kappa shape index (κ3) is 3.53. The Bertz CT molecular complexity index is 763. The van der Waals surface area contributed by atoms with Crippen molar-refractivity contribution in [1.82, 2.24) is 14.8 Å². The molecule has 1 fully saturated rings. The molecule has 0 radical (unpaired) electrons.